The average molecular weight is 441 g/mol. The normalized spacial score (nSPS) is 14.8. The minimum atomic E-state index is 0.571. The molecule has 10 nitrogen and oxygen atoms in total. The van der Waals surface area contributed by atoms with E-state index in [4.69, 9.17) is 24.5 Å². The molecule has 172 valence electrons. The first-order valence-electron chi connectivity index (χ1n) is 11.1. The topological polar surface area (TPSA) is 93.5 Å². The highest BCUT2D eigenvalue weighted by atomic mass is 16.5. The lowest BCUT2D eigenvalue weighted by Crippen LogP contribution is -2.35. The highest BCUT2D eigenvalue weighted by Crippen LogP contribution is 2.29. The van der Waals surface area contributed by atoms with Crippen molar-refractivity contribution in [1.29, 1.82) is 0 Å². The van der Waals surface area contributed by atoms with Crippen LogP contribution in [-0.2, 0) is 22.6 Å². The highest BCUT2D eigenvalue weighted by Gasteiger charge is 2.22. The number of hydrogen-bond donors (Lipinski definition) is 1. The maximum Gasteiger partial charge on any atom is 0.227 e. The number of hydrogen-bond acceptors (Lipinski definition) is 9. The lowest BCUT2D eigenvalue weighted by Gasteiger charge is -2.25. The van der Waals surface area contributed by atoms with Crippen LogP contribution < -0.4 is 10.2 Å². The van der Waals surface area contributed by atoms with Crippen LogP contribution in [0.1, 0.15) is 18.2 Å². The van der Waals surface area contributed by atoms with Crippen molar-refractivity contribution in [2.75, 3.05) is 63.8 Å². The number of pyridine rings is 1. The summed E-state index contributed by atoms with van der Waals surface area (Å²) in [6, 6.07) is 3.97. The number of aryl methyl sites for hydroxylation is 1. The summed E-state index contributed by atoms with van der Waals surface area (Å²) in [5.74, 6) is 2.05. The van der Waals surface area contributed by atoms with Crippen molar-refractivity contribution >= 4 is 28.6 Å². The minimum Gasteiger partial charge on any atom is -0.380 e. The number of anilines is 3. The van der Waals surface area contributed by atoms with Crippen LogP contribution in [0.2, 0.25) is 0 Å². The Morgan fingerprint density at radius 1 is 1.22 bits per heavy atom. The predicted molar refractivity (Wildman–Crippen MR) is 124 cm³/mol. The third-order valence-electron chi connectivity index (χ3n) is 5.34. The number of nitrogens with one attached hydrogen (secondary N) is 1. The number of fused-ring (bicyclic) bond motifs is 1. The Hall–Kier alpha value is -2.82. The molecule has 10 heteroatoms. The van der Waals surface area contributed by atoms with Gasteiger partial charge in [0, 0.05) is 46.5 Å². The van der Waals surface area contributed by atoms with Crippen LogP contribution in [0.5, 0.6) is 0 Å². The monoisotopic (exact) mass is 440 g/mol. The Bertz CT molecular complexity index is 1050. The number of aromatic nitrogens is 5. The van der Waals surface area contributed by atoms with Gasteiger partial charge in [-0.3, -0.25) is 9.58 Å². The van der Waals surface area contributed by atoms with Gasteiger partial charge in [-0.15, -0.1) is 0 Å². The fourth-order valence-electron chi connectivity index (χ4n) is 3.68. The third kappa shape index (κ3) is 5.14. The number of nitrogens with zero attached hydrogens (tertiary/aromatic N) is 7. The molecule has 1 aliphatic rings. The minimum absolute atomic E-state index is 0.571. The summed E-state index contributed by atoms with van der Waals surface area (Å²) < 4.78 is 13.1. The zero-order valence-electron chi connectivity index (χ0n) is 19.3. The summed E-state index contributed by atoms with van der Waals surface area (Å²) in [6.45, 7) is 9.87. The van der Waals surface area contributed by atoms with Crippen LogP contribution in [0, 0.1) is 6.92 Å². The Kier molecular flexibility index (Phi) is 7.13. The van der Waals surface area contributed by atoms with E-state index in [1.54, 1.807) is 6.20 Å². The zero-order chi connectivity index (χ0) is 22.5. The molecule has 3 aromatic heterocycles. The molecule has 4 heterocycles. The smallest absolute Gasteiger partial charge is 0.227 e. The first kappa shape index (κ1) is 22.4. The van der Waals surface area contributed by atoms with Crippen LogP contribution in [0.15, 0.2) is 18.3 Å². The van der Waals surface area contributed by atoms with E-state index in [2.05, 4.69) is 15.2 Å². The van der Waals surface area contributed by atoms with Gasteiger partial charge in [0.2, 0.25) is 5.95 Å². The van der Waals surface area contributed by atoms with Crippen molar-refractivity contribution in [2.45, 2.75) is 26.9 Å². The van der Waals surface area contributed by atoms with Crippen LogP contribution >= 0.6 is 0 Å². The molecule has 0 bridgehead atoms. The average Bonchev–Trinajstić information content (AvgIpc) is 3.12. The van der Waals surface area contributed by atoms with Crippen LogP contribution in [0.4, 0.5) is 17.6 Å². The Morgan fingerprint density at radius 2 is 2.03 bits per heavy atom. The van der Waals surface area contributed by atoms with E-state index in [1.165, 1.54) is 0 Å². The van der Waals surface area contributed by atoms with E-state index in [0.29, 0.717) is 38.1 Å². The Balaban J connectivity index is 1.79. The fourth-order valence-corrected chi connectivity index (χ4v) is 3.68. The van der Waals surface area contributed by atoms with E-state index < -0.39 is 0 Å². The van der Waals surface area contributed by atoms with Crippen molar-refractivity contribution in [2.24, 2.45) is 0 Å². The second-order valence-electron chi connectivity index (χ2n) is 8.06. The van der Waals surface area contributed by atoms with Gasteiger partial charge in [-0.2, -0.15) is 10.1 Å². The second-order valence-corrected chi connectivity index (χ2v) is 8.06. The molecule has 1 fully saturated rings. The predicted octanol–water partition coefficient (Wildman–Crippen LogP) is 2.21. The van der Waals surface area contributed by atoms with Gasteiger partial charge in [0.05, 0.1) is 26.4 Å². The maximum atomic E-state index is 5.61. The van der Waals surface area contributed by atoms with Gasteiger partial charge in [0.15, 0.2) is 5.82 Å². The first-order valence-corrected chi connectivity index (χ1v) is 11.1. The molecule has 0 unspecified atom stereocenters. The largest absolute Gasteiger partial charge is 0.380 e. The van der Waals surface area contributed by atoms with Gasteiger partial charge in [0.25, 0.3) is 0 Å². The molecule has 0 saturated carbocycles. The molecule has 0 aromatic carbocycles. The van der Waals surface area contributed by atoms with Crippen molar-refractivity contribution < 1.29 is 9.47 Å². The summed E-state index contributed by atoms with van der Waals surface area (Å²) in [5.41, 5.74) is 3.77. The van der Waals surface area contributed by atoms with Crippen molar-refractivity contribution in [3.8, 4) is 0 Å². The summed E-state index contributed by atoms with van der Waals surface area (Å²) in [4.78, 5) is 18.4. The Labute approximate surface area is 188 Å². The van der Waals surface area contributed by atoms with E-state index in [1.807, 2.05) is 49.7 Å². The summed E-state index contributed by atoms with van der Waals surface area (Å²) in [5, 5.41) is 8.35. The third-order valence-corrected chi connectivity index (χ3v) is 5.34. The SMILES string of the molecule is CCOCCn1nc(CN2CCOCC2)c2nc(N(C)C)nc(Nc3cc(C)ccn3)c21. The Morgan fingerprint density at radius 3 is 2.75 bits per heavy atom. The van der Waals surface area contributed by atoms with Crippen molar-refractivity contribution in [3.05, 3.63) is 29.6 Å². The number of rotatable bonds is 9. The van der Waals surface area contributed by atoms with Gasteiger partial charge in [-0.1, -0.05) is 0 Å². The summed E-state index contributed by atoms with van der Waals surface area (Å²) >= 11 is 0. The van der Waals surface area contributed by atoms with E-state index >= 15 is 0 Å². The van der Waals surface area contributed by atoms with Gasteiger partial charge in [-0.25, -0.2) is 9.97 Å². The molecular weight excluding hydrogens is 408 g/mol. The maximum absolute atomic E-state index is 5.61. The summed E-state index contributed by atoms with van der Waals surface area (Å²) in [7, 11) is 3.88. The molecule has 0 aliphatic carbocycles. The molecule has 0 radical (unpaired) electrons. The van der Waals surface area contributed by atoms with Crippen molar-refractivity contribution in [3.63, 3.8) is 0 Å². The molecule has 32 heavy (non-hydrogen) atoms. The van der Waals surface area contributed by atoms with Gasteiger partial charge < -0.3 is 19.7 Å². The van der Waals surface area contributed by atoms with E-state index in [-0.39, 0.29) is 0 Å². The zero-order valence-corrected chi connectivity index (χ0v) is 19.3. The standard InChI is InChI=1S/C22H32N8O2/c1-5-31-13-10-30-20-19(17(27-30)15-29-8-11-32-12-9-29)25-22(28(3)4)26-21(20)24-18-14-16(2)6-7-23-18/h6-7,14H,5,8-13,15H2,1-4H3,(H,23,24,25,26). The van der Waals surface area contributed by atoms with Crippen LogP contribution in [0.25, 0.3) is 11.0 Å². The van der Waals surface area contributed by atoms with Gasteiger partial charge in [-0.05, 0) is 31.5 Å². The van der Waals surface area contributed by atoms with Crippen molar-refractivity contribution in [1.82, 2.24) is 29.6 Å². The lowest BCUT2D eigenvalue weighted by atomic mass is 10.2. The molecule has 4 rings (SSSR count). The first-order chi connectivity index (χ1) is 15.5. The van der Waals surface area contributed by atoms with Gasteiger partial charge in [0.1, 0.15) is 22.5 Å². The molecule has 0 atom stereocenters. The number of morpholine rings is 1. The second kappa shape index (κ2) is 10.2. The molecule has 0 amide bonds. The summed E-state index contributed by atoms with van der Waals surface area (Å²) in [6.07, 6.45) is 1.79. The van der Waals surface area contributed by atoms with E-state index in [0.717, 1.165) is 54.4 Å². The number of ether oxygens (including phenoxy) is 2. The fraction of sp³-hybridized carbons (Fsp3) is 0.545. The molecule has 3 aromatic rings. The highest BCUT2D eigenvalue weighted by molar-refractivity contribution is 5.90. The van der Waals surface area contributed by atoms with Crippen LogP contribution in [0.3, 0.4) is 0 Å². The van der Waals surface area contributed by atoms with Crippen LogP contribution in [-0.4, -0.2) is 83.2 Å². The molecular formula is C22H32N8O2. The molecule has 1 aliphatic heterocycles. The van der Waals surface area contributed by atoms with Gasteiger partial charge >= 0.3 is 0 Å². The lowest BCUT2D eigenvalue weighted by molar-refractivity contribution is 0.0337. The van der Waals surface area contributed by atoms with E-state index in [9.17, 15) is 0 Å². The molecule has 1 N–H and O–H groups in total. The molecule has 1 saturated heterocycles. The quantitative estimate of drug-likeness (QED) is 0.503. The molecule has 0 spiro atoms.